The zero-order chi connectivity index (χ0) is 27.9. The molecule has 0 saturated carbocycles. The highest BCUT2D eigenvalue weighted by Gasteiger charge is 2.19. The Morgan fingerprint density at radius 3 is 1.57 bits per heavy atom. The first-order valence-corrected chi connectivity index (χ1v) is 14.9. The Bertz CT molecular complexity index is 2380. The molecule has 9 rings (SSSR count). The van der Waals surface area contributed by atoms with Crippen LogP contribution in [0, 0.1) is 13.8 Å². The number of hydrogen-bond donors (Lipinski definition) is 0. The highest BCUT2D eigenvalue weighted by atomic mass is 15.0. The van der Waals surface area contributed by atoms with E-state index in [9.17, 15) is 0 Å². The summed E-state index contributed by atoms with van der Waals surface area (Å²) < 4.78 is 4.88. The second-order valence-corrected chi connectivity index (χ2v) is 11.7. The van der Waals surface area contributed by atoms with Gasteiger partial charge in [0.1, 0.15) is 0 Å². The Kier molecular flexibility index (Phi) is 4.90. The first-order chi connectivity index (χ1) is 20.7. The minimum atomic E-state index is 1.10. The Labute approximate surface area is 244 Å². The minimum Gasteiger partial charge on any atom is -0.310 e. The van der Waals surface area contributed by atoms with Crippen molar-refractivity contribution in [2.24, 2.45) is 0 Å². The fourth-order valence-electron chi connectivity index (χ4n) is 7.57. The van der Waals surface area contributed by atoms with Crippen molar-refractivity contribution in [1.29, 1.82) is 0 Å². The van der Waals surface area contributed by atoms with Crippen molar-refractivity contribution in [2.45, 2.75) is 26.7 Å². The molecule has 0 amide bonds. The molecule has 2 aromatic heterocycles. The summed E-state index contributed by atoms with van der Waals surface area (Å²) >= 11 is 0. The molecule has 2 heterocycles. The van der Waals surface area contributed by atoms with Gasteiger partial charge in [-0.25, -0.2) is 0 Å². The van der Waals surface area contributed by atoms with Crippen molar-refractivity contribution in [3.63, 3.8) is 0 Å². The van der Waals surface area contributed by atoms with E-state index in [-0.39, 0.29) is 0 Å². The Morgan fingerprint density at radius 2 is 0.976 bits per heavy atom. The van der Waals surface area contributed by atoms with Crippen LogP contribution in [0.1, 0.15) is 28.8 Å². The van der Waals surface area contributed by atoms with Crippen LogP contribution in [0.3, 0.4) is 0 Å². The van der Waals surface area contributed by atoms with Crippen LogP contribution in [0.15, 0.2) is 115 Å². The number of allylic oxidation sites excluding steroid dienone is 1. The maximum atomic E-state index is 2.46. The van der Waals surface area contributed by atoms with Crippen molar-refractivity contribution in [2.75, 3.05) is 0 Å². The number of hydrogen-bond acceptors (Lipinski definition) is 0. The molecule has 0 bridgehead atoms. The first kappa shape index (κ1) is 23.6. The highest BCUT2D eigenvalue weighted by molar-refractivity contribution is 6.10. The first-order valence-electron chi connectivity index (χ1n) is 14.9. The molecule has 0 saturated heterocycles. The van der Waals surface area contributed by atoms with Crippen LogP contribution in [-0.2, 0) is 6.42 Å². The molecular weight excluding hydrogens is 508 g/mol. The SMILES string of the molecule is Cc1c2ccc(-n3c4ccccc4c4ccccc43)cc2c(C)c2ccc(-n3c4c(c5ccccc53)CCC=C4)cc12. The standard InChI is InChI=1S/C40H30N2/c1-25-29-21-19-28(42-39-17-9-5-13-33(39)34-14-6-10-18-40(34)42)24-36(29)26(2)30-22-20-27(23-35(25)30)41-37-15-7-3-11-31(37)32-12-4-8-16-38(32)41/h3-5,7-13,15-24H,6,14H2,1-2H3. The fourth-order valence-corrected chi connectivity index (χ4v) is 7.57. The van der Waals surface area contributed by atoms with Gasteiger partial charge in [-0.2, -0.15) is 0 Å². The number of benzene rings is 6. The average molecular weight is 539 g/mol. The van der Waals surface area contributed by atoms with Crippen LogP contribution < -0.4 is 0 Å². The molecule has 42 heavy (non-hydrogen) atoms. The molecule has 8 aromatic rings. The van der Waals surface area contributed by atoms with Gasteiger partial charge < -0.3 is 9.13 Å². The van der Waals surface area contributed by atoms with Crippen LogP contribution in [-0.4, -0.2) is 9.13 Å². The van der Waals surface area contributed by atoms with Gasteiger partial charge in [0, 0.05) is 33.2 Å². The van der Waals surface area contributed by atoms with Crippen LogP contribution in [0.2, 0.25) is 0 Å². The molecule has 0 fully saturated rings. The summed E-state index contributed by atoms with van der Waals surface area (Å²) in [6.45, 7) is 4.58. The summed E-state index contributed by atoms with van der Waals surface area (Å²) in [6.07, 6.45) is 6.84. The van der Waals surface area contributed by atoms with Crippen LogP contribution >= 0.6 is 0 Å². The van der Waals surface area contributed by atoms with Crippen LogP contribution in [0.4, 0.5) is 0 Å². The highest BCUT2D eigenvalue weighted by Crippen LogP contribution is 2.39. The van der Waals surface area contributed by atoms with Crippen molar-refractivity contribution < 1.29 is 0 Å². The van der Waals surface area contributed by atoms with Gasteiger partial charge in [0.15, 0.2) is 0 Å². The predicted octanol–water partition coefficient (Wildman–Crippen LogP) is 10.6. The molecule has 0 atom stereocenters. The third-order valence-electron chi connectivity index (χ3n) is 9.58. The second kappa shape index (κ2) is 8.71. The minimum absolute atomic E-state index is 1.10. The lowest BCUT2D eigenvalue weighted by Crippen LogP contribution is -2.01. The summed E-state index contributed by atoms with van der Waals surface area (Å²) in [5.74, 6) is 0. The van der Waals surface area contributed by atoms with Gasteiger partial charge in [-0.15, -0.1) is 0 Å². The lowest BCUT2D eigenvalue weighted by atomic mass is 9.92. The van der Waals surface area contributed by atoms with E-state index < -0.39 is 0 Å². The van der Waals surface area contributed by atoms with Gasteiger partial charge in [0.05, 0.1) is 16.6 Å². The Hall–Kier alpha value is -5.08. The zero-order valence-electron chi connectivity index (χ0n) is 23.9. The topological polar surface area (TPSA) is 9.86 Å². The normalized spacial score (nSPS) is 13.2. The average Bonchev–Trinajstić information content (AvgIpc) is 3.56. The molecule has 0 aliphatic heterocycles. The van der Waals surface area contributed by atoms with Crippen molar-refractivity contribution in [1.82, 2.24) is 9.13 Å². The molecule has 0 radical (unpaired) electrons. The van der Waals surface area contributed by atoms with Gasteiger partial charge in [-0.1, -0.05) is 72.8 Å². The molecule has 0 N–H and O–H groups in total. The maximum absolute atomic E-state index is 2.46. The van der Waals surface area contributed by atoms with Crippen LogP contribution in [0.25, 0.3) is 71.7 Å². The van der Waals surface area contributed by atoms with E-state index in [4.69, 9.17) is 0 Å². The largest absolute Gasteiger partial charge is 0.310 e. The van der Waals surface area contributed by atoms with E-state index in [1.54, 1.807) is 0 Å². The molecular formula is C40H30N2. The molecule has 6 aromatic carbocycles. The summed E-state index contributed by atoms with van der Waals surface area (Å²) in [5, 5.41) is 9.25. The maximum Gasteiger partial charge on any atom is 0.0541 e. The van der Waals surface area contributed by atoms with E-state index in [1.165, 1.54) is 88.0 Å². The molecule has 1 aliphatic rings. The van der Waals surface area contributed by atoms with E-state index in [0.29, 0.717) is 0 Å². The van der Waals surface area contributed by atoms with E-state index in [2.05, 4.69) is 144 Å². The van der Waals surface area contributed by atoms with Gasteiger partial charge in [-0.05, 0) is 113 Å². The monoisotopic (exact) mass is 538 g/mol. The third-order valence-corrected chi connectivity index (χ3v) is 9.58. The quantitative estimate of drug-likeness (QED) is 0.194. The number of rotatable bonds is 2. The zero-order valence-corrected chi connectivity index (χ0v) is 23.9. The summed E-state index contributed by atoms with van der Waals surface area (Å²) in [6, 6.07) is 40.4. The van der Waals surface area contributed by atoms with Gasteiger partial charge in [-0.3, -0.25) is 0 Å². The van der Waals surface area contributed by atoms with Crippen molar-refractivity contribution in [3.8, 4) is 11.4 Å². The van der Waals surface area contributed by atoms with Crippen molar-refractivity contribution >= 4 is 60.3 Å². The van der Waals surface area contributed by atoms with Gasteiger partial charge >= 0.3 is 0 Å². The fraction of sp³-hybridized carbons (Fsp3) is 0.100. The van der Waals surface area contributed by atoms with E-state index >= 15 is 0 Å². The van der Waals surface area contributed by atoms with Crippen molar-refractivity contribution in [3.05, 3.63) is 138 Å². The number of fused-ring (bicyclic) bond motifs is 8. The number of aromatic nitrogens is 2. The molecule has 0 spiro atoms. The van der Waals surface area contributed by atoms with Gasteiger partial charge in [0.2, 0.25) is 0 Å². The Morgan fingerprint density at radius 1 is 0.476 bits per heavy atom. The van der Waals surface area contributed by atoms with Crippen LogP contribution in [0.5, 0.6) is 0 Å². The van der Waals surface area contributed by atoms with Gasteiger partial charge in [0.25, 0.3) is 0 Å². The lowest BCUT2D eigenvalue weighted by Gasteiger charge is -2.17. The molecule has 200 valence electrons. The number of para-hydroxylation sites is 3. The summed E-state index contributed by atoms with van der Waals surface area (Å²) in [7, 11) is 0. The molecule has 2 heteroatoms. The summed E-state index contributed by atoms with van der Waals surface area (Å²) in [4.78, 5) is 0. The Balaban J connectivity index is 1.28. The smallest absolute Gasteiger partial charge is 0.0541 e. The summed E-state index contributed by atoms with van der Waals surface area (Å²) in [5.41, 5.74) is 11.7. The lowest BCUT2D eigenvalue weighted by molar-refractivity contribution is 0.968. The molecule has 2 nitrogen and oxygen atoms in total. The van der Waals surface area contributed by atoms with E-state index in [1.807, 2.05) is 0 Å². The molecule has 0 unspecified atom stereocenters. The molecule has 1 aliphatic carbocycles. The third kappa shape index (κ3) is 3.15. The predicted molar refractivity (Wildman–Crippen MR) is 179 cm³/mol. The van der Waals surface area contributed by atoms with E-state index in [0.717, 1.165) is 12.8 Å². The second-order valence-electron chi connectivity index (χ2n) is 11.7. The number of aryl methyl sites for hydroxylation is 3. The number of nitrogens with zero attached hydrogens (tertiary/aromatic N) is 2.